The SMILES string of the molecule is CC(=O)Nc1ccc(/C=N\NC(=O)COc2ccccc2)cc1. The predicted molar refractivity (Wildman–Crippen MR) is 88.4 cm³/mol. The molecule has 2 N–H and O–H groups in total. The van der Waals surface area contributed by atoms with Crippen LogP contribution in [0.3, 0.4) is 0 Å². The van der Waals surface area contributed by atoms with Crippen molar-refractivity contribution >= 4 is 23.7 Å². The summed E-state index contributed by atoms with van der Waals surface area (Å²) >= 11 is 0. The largest absolute Gasteiger partial charge is 0.484 e. The van der Waals surface area contributed by atoms with Crippen molar-refractivity contribution in [3.8, 4) is 5.75 Å². The summed E-state index contributed by atoms with van der Waals surface area (Å²) < 4.78 is 5.30. The van der Waals surface area contributed by atoms with Crippen LogP contribution in [0.4, 0.5) is 5.69 Å². The molecule has 118 valence electrons. The molecule has 2 aromatic carbocycles. The number of carbonyl (C=O) groups is 2. The third-order valence-corrected chi connectivity index (χ3v) is 2.75. The van der Waals surface area contributed by atoms with Crippen LogP contribution in [0.15, 0.2) is 59.7 Å². The van der Waals surface area contributed by atoms with E-state index in [9.17, 15) is 9.59 Å². The van der Waals surface area contributed by atoms with E-state index in [1.807, 2.05) is 18.2 Å². The fraction of sp³-hybridized carbons (Fsp3) is 0.118. The molecule has 2 rings (SSSR count). The van der Waals surface area contributed by atoms with Crippen LogP contribution >= 0.6 is 0 Å². The van der Waals surface area contributed by atoms with Crippen molar-refractivity contribution in [1.82, 2.24) is 5.43 Å². The number of rotatable bonds is 6. The van der Waals surface area contributed by atoms with Crippen molar-refractivity contribution in [2.24, 2.45) is 5.10 Å². The molecule has 0 aliphatic rings. The van der Waals surface area contributed by atoms with E-state index in [1.165, 1.54) is 13.1 Å². The lowest BCUT2D eigenvalue weighted by Gasteiger charge is -2.04. The highest BCUT2D eigenvalue weighted by molar-refractivity contribution is 5.89. The van der Waals surface area contributed by atoms with Crippen LogP contribution < -0.4 is 15.5 Å². The van der Waals surface area contributed by atoms with Crippen LogP contribution in [0.5, 0.6) is 5.75 Å². The fourth-order valence-corrected chi connectivity index (χ4v) is 1.73. The Labute approximate surface area is 134 Å². The maximum atomic E-state index is 11.6. The Morgan fingerprint density at radius 2 is 1.78 bits per heavy atom. The third kappa shape index (κ3) is 6.01. The highest BCUT2D eigenvalue weighted by atomic mass is 16.5. The highest BCUT2D eigenvalue weighted by Gasteiger charge is 2.00. The van der Waals surface area contributed by atoms with Crippen molar-refractivity contribution in [2.45, 2.75) is 6.92 Å². The molecule has 0 aliphatic heterocycles. The Morgan fingerprint density at radius 1 is 1.09 bits per heavy atom. The number of nitrogens with one attached hydrogen (secondary N) is 2. The number of benzene rings is 2. The van der Waals surface area contributed by atoms with Crippen molar-refractivity contribution in [3.05, 3.63) is 60.2 Å². The third-order valence-electron chi connectivity index (χ3n) is 2.75. The summed E-state index contributed by atoms with van der Waals surface area (Å²) in [5, 5.41) is 6.52. The molecule has 0 aliphatic carbocycles. The Morgan fingerprint density at radius 3 is 2.43 bits per heavy atom. The van der Waals surface area contributed by atoms with Gasteiger partial charge in [-0.3, -0.25) is 9.59 Å². The fourth-order valence-electron chi connectivity index (χ4n) is 1.73. The zero-order valence-electron chi connectivity index (χ0n) is 12.7. The minimum Gasteiger partial charge on any atom is -0.484 e. The van der Waals surface area contributed by atoms with Gasteiger partial charge in [0.25, 0.3) is 5.91 Å². The van der Waals surface area contributed by atoms with Gasteiger partial charge in [-0.25, -0.2) is 5.43 Å². The average molecular weight is 311 g/mol. The minimum absolute atomic E-state index is 0.108. The topological polar surface area (TPSA) is 79.8 Å². The summed E-state index contributed by atoms with van der Waals surface area (Å²) in [5.41, 5.74) is 3.88. The summed E-state index contributed by atoms with van der Waals surface area (Å²) in [6.45, 7) is 1.34. The molecule has 0 aromatic heterocycles. The first-order valence-electron chi connectivity index (χ1n) is 7.01. The molecule has 0 atom stereocenters. The van der Waals surface area contributed by atoms with Gasteiger partial charge < -0.3 is 10.1 Å². The lowest BCUT2D eigenvalue weighted by Crippen LogP contribution is -2.24. The highest BCUT2D eigenvalue weighted by Crippen LogP contribution is 2.08. The van der Waals surface area contributed by atoms with E-state index in [0.29, 0.717) is 11.4 Å². The van der Waals surface area contributed by atoms with E-state index in [2.05, 4.69) is 15.8 Å². The number of nitrogens with zero attached hydrogens (tertiary/aromatic N) is 1. The van der Waals surface area contributed by atoms with Crippen LogP contribution in [0.2, 0.25) is 0 Å². The summed E-state index contributed by atoms with van der Waals surface area (Å²) in [6.07, 6.45) is 1.51. The molecular formula is C17H17N3O3. The number of ether oxygens (including phenoxy) is 1. The molecule has 0 spiro atoms. The number of hydrogen-bond donors (Lipinski definition) is 2. The molecule has 0 bridgehead atoms. The zero-order chi connectivity index (χ0) is 16.5. The Bertz CT molecular complexity index is 682. The monoisotopic (exact) mass is 311 g/mol. The molecule has 6 heteroatoms. The second-order valence-electron chi connectivity index (χ2n) is 4.70. The van der Waals surface area contributed by atoms with E-state index in [0.717, 1.165) is 5.56 Å². The number of hydrazone groups is 1. The van der Waals surface area contributed by atoms with E-state index in [-0.39, 0.29) is 18.4 Å². The van der Waals surface area contributed by atoms with Crippen molar-refractivity contribution < 1.29 is 14.3 Å². The Kier molecular flexibility index (Phi) is 5.88. The van der Waals surface area contributed by atoms with E-state index >= 15 is 0 Å². The molecule has 6 nitrogen and oxygen atoms in total. The van der Waals surface area contributed by atoms with Gasteiger partial charge in [0.05, 0.1) is 6.21 Å². The normalized spacial score (nSPS) is 10.3. The maximum Gasteiger partial charge on any atom is 0.277 e. The zero-order valence-corrected chi connectivity index (χ0v) is 12.7. The number of carbonyl (C=O) groups excluding carboxylic acids is 2. The van der Waals surface area contributed by atoms with E-state index in [4.69, 9.17) is 4.74 Å². The number of hydrogen-bond acceptors (Lipinski definition) is 4. The first-order valence-corrected chi connectivity index (χ1v) is 7.01. The summed E-state index contributed by atoms with van der Waals surface area (Å²) in [6, 6.07) is 16.1. The van der Waals surface area contributed by atoms with Gasteiger partial charge >= 0.3 is 0 Å². The quantitative estimate of drug-likeness (QED) is 0.634. The molecule has 23 heavy (non-hydrogen) atoms. The number of para-hydroxylation sites is 1. The van der Waals surface area contributed by atoms with Gasteiger partial charge in [-0.05, 0) is 29.8 Å². The second-order valence-corrected chi connectivity index (χ2v) is 4.70. The lowest BCUT2D eigenvalue weighted by atomic mass is 10.2. The number of amides is 2. The molecule has 0 unspecified atom stereocenters. The standard InChI is InChI=1S/C17H17N3O3/c1-13(21)19-15-9-7-14(8-10-15)11-18-20-17(22)12-23-16-5-3-2-4-6-16/h2-11H,12H2,1H3,(H,19,21)(H,20,22)/b18-11-. The van der Waals surface area contributed by atoms with Crippen LogP contribution in [0, 0.1) is 0 Å². The molecule has 0 saturated heterocycles. The van der Waals surface area contributed by atoms with Crippen LogP contribution in [0.25, 0.3) is 0 Å². The predicted octanol–water partition coefficient (Wildman–Crippen LogP) is 2.17. The van der Waals surface area contributed by atoms with Gasteiger partial charge in [-0.1, -0.05) is 30.3 Å². The minimum atomic E-state index is -0.347. The van der Waals surface area contributed by atoms with Crippen molar-refractivity contribution in [3.63, 3.8) is 0 Å². The van der Waals surface area contributed by atoms with Crippen molar-refractivity contribution in [2.75, 3.05) is 11.9 Å². The summed E-state index contributed by atoms with van der Waals surface area (Å²) in [7, 11) is 0. The van der Waals surface area contributed by atoms with Gasteiger partial charge in [-0.15, -0.1) is 0 Å². The molecule has 2 amide bonds. The van der Waals surface area contributed by atoms with Gasteiger partial charge in [0, 0.05) is 12.6 Å². The molecule has 2 aromatic rings. The molecular weight excluding hydrogens is 294 g/mol. The Balaban J connectivity index is 1.77. The van der Waals surface area contributed by atoms with E-state index < -0.39 is 0 Å². The van der Waals surface area contributed by atoms with Crippen molar-refractivity contribution in [1.29, 1.82) is 0 Å². The molecule has 0 heterocycles. The van der Waals surface area contributed by atoms with Crippen LogP contribution in [0.1, 0.15) is 12.5 Å². The van der Waals surface area contributed by atoms with Gasteiger partial charge in [-0.2, -0.15) is 5.10 Å². The lowest BCUT2D eigenvalue weighted by molar-refractivity contribution is -0.123. The van der Waals surface area contributed by atoms with Gasteiger partial charge in [0.15, 0.2) is 6.61 Å². The van der Waals surface area contributed by atoms with Crippen LogP contribution in [-0.4, -0.2) is 24.6 Å². The van der Waals surface area contributed by atoms with E-state index in [1.54, 1.807) is 36.4 Å². The average Bonchev–Trinajstić information content (AvgIpc) is 2.55. The summed E-state index contributed by atoms with van der Waals surface area (Å²) in [5.74, 6) is 0.150. The molecule has 0 saturated carbocycles. The molecule has 0 fully saturated rings. The first kappa shape index (κ1) is 16.2. The van der Waals surface area contributed by atoms with Gasteiger partial charge in [0.1, 0.15) is 5.75 Å². The molecule has 0 radical (unpaired) electrons. The maximum absolute atomic E-state index is 11.6. The number of anilines is 1. The first-order chi connectivity index (χ1) is 11.1. The summed E-state index contributed by atoms with van der Waals surface area (Å²) in [4.78, 5) is 22.5. The van der Waals surface area contributed by atoms with Gasteiger partial charge in [0.2, 0.25) is 5.91 Å². The van der Waals surface area contributed by atoms with Crippen LogP contribution in [-0.2, 0) is 9.59 Å². The smallest absolute Gasteiger partial charge is 0.277 e. The Hall–Kier alpha value is -3.15. The second kappa shape index (κ2) is 8.33.